The van der Waals surface area contributed by atoms with Crippen molar-refractivity contribution in [2.75, 3.05) is 18.5 Å². The minimum Gasteiger partial charge on any atom is -0.336 e. The molecule has 1 aromatic heterocycles. The van der Waals surface area contributed by atoms with E-state index >= 15 is 0 Å². The first-order valence-corrected chi connectivity index (χ1v) is 4.49. The fraction of sp³-hybridized carbons (Fsp3) is 0.200. The molecule has 15 heavy (non-hydrogen) atoms. The summed E-state index contributed by atoms with van der Waals surface area (Å²) >= 11 is 0. The molecule has 0 saturated heterocycles. The molecule has 0 bridgehead atoms. The topological polar surface area (TPSA) is 38.1 Å². The molecule has 72 valence electrons. The number of nitrogens with zero attached hydrogens (tertiary/aromatic N) is 3. The summed E-state index contributed by atoms with van der Waals surface area (Å²) in [5.74, 6) is 0.840. The van der Waals surface area contributed by atoms with Gasteiger partial charge < -0.3 is 4.90 Å². The van der Waals surface area contributed by atoms with Crippen LogP contribution >= 0.6 is 0 Å². The van der Waals surface area contributed by atoms with Crippen LogP contribution in [0, 0.1) is 0 Å². The van der Waals surface area contributed by atoms with Crippen molar-refractivity contribution in [1.82, 2.24) is 9.55 Å². The second-order valence-electron chi connectivity index (χ2n) is 3.49. The molecule has 0 aliphatic carbocycles. The average molecular weight is 454 g/mol. The van der Waals surface area contributed by atoms with E-state index in [1.807, 2.05) is 36.2 Å². The van der Waals surface area contributed by atoms with Crippen LogP contribution < -0.4 is 4.90 Å². The zero-order valence-corrected chi connectivity index (χ0v) is 14.9. The second kappa shape index (κ2) is 2.57. The van der Waals surface area contributed by atoms with Gasteiger partial charge >= 0.3 is 0 Å². The normalized spacial score (nSPS) is 14.2. The zero-order chi connectivity index (χ0) is 9.71. The van der Waals surface area contributed by atoms with Gasteiger partial charge in [-0.2, -0.15) is 0 Å². The number of likely N-dealkylation sites (N-methyl/N-ethyl adjacent to an activating group) is 1. The van der Waals surface area contributed by atoms with Gasteiger partial charge in [-0.1, -0.05) is 12.1 Å². The van der Waals surface area contributed by atoms with Gasteiger partial charge in [-0.05, 0) is 12.1 Å². The van der Waals surface area contributed by atoms with Crippen molar-refractivity contribution in [3.63, 3.8) is 0 Å². The number of aromatic nitrogens is 2. The van der Waals surface area contributed by atoms with E-state index in [0.29, 0.717) is 6.54 Å². The van der Waals surface area contributed by atoms with Crippen molar-refractivity contribution in [3.8, 4) is 0 Å². The van der Waals surface area contributed by atoms with E-state index in [0.717, 1.165) is 17.0 Å². The van der Waals surface area contributed by atoms with Crippen molar-refractivity contribution in [2.24, 2.45) is 0 Å². The Labute approximate surface area is 80.8 Å². The average Bonchev–Trinajstić information content (AvgIpc) is 2.66. The number of imidazole rings is 1. The van der Waals surface area contributed by atoms with Gasteiger partial charge in [0, 0.05) is 7.05 Å². The van der Waals surface area contributed by atoms with E-state index in [2.05, 4.69) is 4.98 Å². The van der Waals surface area contributed by atoms with Crippen LogP contribution in [0.25, 0.3) is 11.0 Å². The van der Waals surface area contributed by atoms with E-state index in [9.17, 15) is 4.79 Å². The molecule has 1 aliphatic heterocycles. The van der Waals surface area contributed by atoms with E-state index in [1.54, 1.807) is 4.57 Å². The summed E-state index contributed by atoms with van der Waals surface area (Å²) in [7, 11) is 1.88. The Balaban J connectivity index is 0.000000853. The molecule has 0 N–H and O–H groups in total. The van der Waals surface area contributed by atoms with E-state index in [1.165, 1.54) is 0 Å². The number of anilines is 1. The summed E-state index contributed by atoms with van der Waals surface area (Å²) in [5.41, 5.74) is 1.78. The molecule has 0 saturated carbocycles. The van der Waals surface area contributed by atoms with Crippen molar-refractivity contribution in [1.29, 1.82) is 0 Å². The fourth-order valence-electron chi connectivity index (χ4n) is 1.86. The SMILES string of the molecule is CN1CC(=O)n2c1nc1ccccc12.[Rf]. The van der Waals surface area contributed by atoms with Crippen LogP contribution in [0.2, 0.25) is 0 Å². The van der Waals surface area contributed by atoms with Gasteiger partial charge in [0.2, 0.25) is 5.95 Å². The summed E-state index contributed by atoms with van der Waals surface area (Å²) in [6.45, 7) is 0.424. The Morgan fingerprint density at radius 2 is 2.07 bits per heavy atom. The monoisotopic (exact) mass is 454 g/mol. The Morgan fingerprint density at radius 3 is 2.87 bits per heavy atom. The molecule has 1 aromatic carbocycles. The first-order chi connectivity index (χ1) is 6.77. The van der Waals surface area contributed by atoms with E-state index in [4.69, 9.17) is 0 Å². The zero-order valence-electron chi connectivity index (χ0n) is 8.47. The minimum absolute atomic E-state index is 0. The van der Waals surface area contributed by atoms with Crippen LogP contribution in [0.4, 0.5) is 5.95 Å². The van der Waals surface area contributed by atoms with Crippen molar-refractivity contribution in [3.05, 3.63) is 24.3 Å². The molecule has 2 heterocycles. The third-order valence-electron chi connectivity index (χ3n) is 2.51. The quantitative estimate of drug-likeness (QED) is 0.600. The predicted octanol–water partition coefficient (Wildman–Crippen LogP) is 1.13. The number of hydrogen-bond donors (Lipinski definition) is 0. The van der Waals surface area contributed by atoms with Gasteiger partial charge in [-0.15, -0.1) is 0 Å². The van der Waals surface area contributed by atoms with E-state index < -0.39 is 0 Å². The molecule has 1 aliphatic rings. The molecule has 0 fully saturated rings. The van der Waals surface area contributed by atoms with Gasteiger partial charge in [0.1, 0.15) is 6.54 Å². The largest absolute Gasteiger partial charge is 0.336 e. The predicted molar refractivity (Wildman–Crippen MR) is 53.6 cm³/mol. The third kappa shape index (κ3) is 0.905. The molecule has 3 rings (SSSR count). The Bertz CT molecular complexity index is 534. The summed E-state index contributed by atoms with van der Waals surface area (Å²) in [6.07, 6.45) is 0. The van der Waals surface area contributed by atoms with Crippen LogP contribution in [-0.4, -0.2) is 29.1 Å². The third-order valence-corrected chi connectivity index (χ3v) is 2.51. The van der Waals surface area contributed by atoms with Crippen LogP contribution in [0.15, 0.2) is 24.3 Å². The Kier molecular flexibility index (Phi) is 1.50. The molecule has 0 spiro atoms. The molecule has 0 amide bonds. The molecule has 0 unspecified atom stereocenters. The molecule has 0 atom stereocenters. The maximum atomic E-state index is 11.6. The summed E-state index contributed by atoms with van der Waals surface area (Å²) in [4.78, 5) is 17.9. The number of hydrogen-bond acceptors (Lipinski definition) is 3. The van der Waals surface area contributed by atoms with Crippen LogP contribution in [0.3, 0.4) is 0 Å². The van der Waals surface area contributed by atoms with Gasteiger partial charge in [-0.25, -0.2) is 9.55 Å². The van der Waals surface area contributed by atoms with Crippen molar-refractivity contribution >= 4 is 22.9 Å². The van der Waals surface area contributed by atoms with Crippen LogP contribution in [0.1, 0.15) is 4.79 Å². The molecule has 4 nitrogen and oxygen atoms in total. The number of benzene rings is 1. The van der Waals surface area contributed by atoms with Crippen LogP contribution in [-0.2, 0) is 0 Å². The van der Waals surface area contributed by atoms with Gasteiger partial charge in [0.05, 0.1) is 11.0 Å². The molecule has 0 radical (unpaired) electrons. The summed E-state index contributed by atoms with van der Waals surface area (Å²) in [5, 5.41) is 0. The van der Waals surface area contributed by atoms with Gasteiger partial charge in [-0.3, -0.25) is 4.79 Å². The maximum absolute atomic E-state index is 11.6. The number of para-hydroxylation sites is 2. The number of rotatable bonds is 0. The first-order valence-electron chi connectivity index (χ1n) is 4.49. The first kappa shape index (κ1) is 8.74. The second-order valence-corrected chi connectivity index (χ2v) is 3.49. The van der Waals surface area contributed by atoms with Crippen molar-refractivity contribution in [2.45, 2.75) is 0 Å². The molecular formula is C10H9N3ORf. The molecular weight excluding hydrogens is 445 g/mol. The summed E-state index contributed by atoms with van der Waals surface area (Å²) in [6, 6.07) is 7.68. The summed E-state index contributed by atoms with van der Waals surface area (Å²) < 4.78 is 1.68. The fourth-order valence-corrected chi connectivity index (χ4v) is 1.86. The minimum atomic E-state index is 0. The Morgan fingerprint density at radius 1 is 1.33 bits per heavy atom. The number of carbonyl (C=O) groups excluding carboxylic acids is 1. The maximum Gasteiger partial charge on any atom is 0.253 e. The standard InChI is InChI=1S/C10H9N3O.Rf/c1-12-6-9(14)13-8-5-3-2-4-7(8)11-10(12)13;/h2-5H,6H2,1H3;. The number of carbonyl (C=O) groups is 1. The Hall–Kier alpha value is -2.84. The van der Waals surface area contributed by atoms with E-state index in [-0.39, 0.29) is 5.91 Å². The smallest absolute Gasteiger partial charge is 0.253 e. The van der Waals surface area contributed by atoms with Crippen molar-refractivity contribution < 1.29 is 4.79 Å². The van der Waals surface area contributed by atoms with Gasteiger partial charge in [0.15, 0.2) is 0 Å². The van der Waals surface area contributed by atoms with Gasteiger partial charge in [0.25, 0.3) is 5.91 Å². The number of fused-ring (bicyclic) bond motifs is 3. The molecule has 5 heteroatoms. The van der Waals surface area contributed by atoms with Crippen LogP contribution in [0.5, 0.6) is 0 Å². The molecule has 2 aromatic rings.